The third-order valence-electron chi connectivity index (χ3n) is 3.67. The van der Waals surface area contributed by atoms with E-state index in [1.165, 1.54) is 0 Å². The standard InChI is InChI=1S/C19H26N4O2/c1-11-8-9-13-12(10-11)14(21-15(24)18(2,3)4)22-17(20-13)23-16(25)19(5,6)7/h8-10H,1-7H3,(H2,20,21,22,23,24,25). The minimum atomic E-state index is -0.569. The average molecular weight is 342 g/mol. The molecule has 1 aromatic carbocycles. The molecule has 0 bridgehead atoms. The van der Waals surface area contributed by atoms with Crippen molar-refractivity contribution in [2.45, 2.75) is 48.5 Å². The van der Waals surface area contributed by atoms with Gasteiger partial charge in [0.05, 0.1) is 5.52 Å². The molecule has 0 aliphatic heterocycles. The molecular formula is C19H26N4O2. The van der Waals surface area contributed by atoms with E-state index in [2.05, 4.69) is 20.6 Å². The molecule has 0 spiro atoms. The number of nitrogens with one attached hydrogen (secondary N) is 2. The molecule has 2 aromatic rings. The largest absolute Gasteiger partial charge is 0.310 e. The van der Waals surface area contributed by atoms with Crippen molar-refractivity contribution in [3.8, 4) is 0 Å². The van der Waals surface area contributed by atoms with E-state index in [-0.39, 0.29) is 17.8 Å². The van der Waals surface area contributed by atoms with Gasteiger partial charge in [0, 0.05) is 16.2 Å². The molecule has 2 amide bonds. The second kappa shape index (κ2) is 6.43. The second-order valence-electron chi connectivity index (χ2n) is 8.32. The topological polar surface area (TPSA) is 84.0 Å². The summed E-state index contributed by atoms with van der Waals surface area (Å²) in [5, 5.41) is 6.33. The van der Waals surface area contributed by atoms with Crippen LogP contribution in [0.4, 0.5) is 11.8 Å². The number of aromatic nitrogens is 2. The molecule has 0 atom stereocenters. The molecule has 2 N–H and O–H groups in total. The molecule has 2 rings (SSSR count). The summed E-state index contributed by atoms with van der Waals surface area (Å²) in [6, 6.07) is 5.70. The third-order valence-corrected chi connectivity index (χ3v) is 3.67. The summed E-state index contributed by atoms with van der Waals surface area (Å²) in [4.78, 5) is 33.4. The van der Waals surface area contributed by atoms with Crippen LogP contribution in [0.15, 0.2) is 18.2 Å². The Morgan fingerprint density at radius 1 is 0.880 bits per heavy atom. The van der Waals surface area contributed by atoms with E-state index in [1.54, 1.807) is 0 Å². The number of hydrogen-bond acceptors (Lipinski definition) is 4. The van der Waals surface area contributed by atoms with Crippen molar-refractivity contribution in [3.05, 3.63) is 23.8 Å². The van der Waals surface area contributed by atoms with Crippen molar-refractivity contribution in [1.29, 1.82) is 0 Å². The fourth-order valence-electron chi connectivity index (χ4n) is 1.98. The summed E-state index contributed by atoms with van der Waals surface area (Å²) in [5.74, 6) is 0.243. The Morgan fingerprint density at radius 2 is 1.44 bits per heavy atom. The second-order valence-corrected chi connectivity index (χ2v) is 8.32. The van der Waals surface area contributed by atoms with Crippen LogP contribution in [-0.4, -0.2) is 21.8 Å². The zero-order valence-corrected chi connectivity index (χ0v) is 15.9. The van der Waals surface area contributed by atoms with E-state index in [0.29, 0.717) is 11.3 Å². The highest BCUT2D eigenvalue weighted by Crippen LogP contribution is 2.26. The average Bonchev–Trinajstić information content (AvgIpc) is 2.46. The van der Waals surface area contributed by atoms with Gasteiger partial charge in [0.15, 0.2) is 0 Å². The van der Waals surface area contributed by atoms with Gasteiger partial charge in [0.1, 0.15) is 5.82 Å². The minimum Gasteiger partial charge on any atom is -0.310 e. The molecule has 1 heterocycles. The highest BCUT2D eigenvalue weighted by atomic mass is 16.2. The number of nitrogens with zero attached hydrogens (tertiary/aromatic N) is 2. The van der Waals surface area contributed by atoms with Gasteiger partial charge in [-0.25, -0.2) is 4.98 Å². The lowest BCUT2D eigenvalue weighted by atomic mass is 9.95. The van der Waals surface area contributed by atoms with Crippen molar-refractivity contribution in [3.63, 3.8) is 0 Å². The molecule has 0 aliphatic rings. The van der Waals surface area contributed by atoms with Crippen LogP contribution in [0.3, 0.4) is 0 Å². The predicted molar refractivity (Wildman–Crippen MR) is 100 cm³/mol. The molecule has 1 aromatic heterocycles. The number of benzene rings is 1. The fraction of sp³-hybridized carbons (Fsp3) is 0.474. The van der Waals surface area contributed by atoms with Gasteiger partial charge in [-0.2, -0.15) is 4.98 Å². The van der Waals surface area contributed by atoms with Gasteiger partial charge < -0.3 is 5.32 Å². The Morgan fingerprint density at radius 3 is 2.00 bits per heavy atom. The maximum Gasteiger partial charge on any atom is 0.232 e. The smallest absolute Gasteiger partial charge is 0.232 e. The Labute approximate surface area is 148 Å². The number of carbonyl (C=O) groups excluding carboxylic acids is 2. The van der Waals surface area contributed by atoms with Crippen molar-refractivity contribution in [2.75, 3.05) is 10.6 Å². The van der Waals surface area contributed by atoms with Crippen LogP contribution >= 0.6 is 0 Å². The summed E-state index contributed by atoms with van der Waals surface area (Å²) < 4.78 is 0. The lowest BCUT2D eigenvalue weighted by Gasteiger charge is -2.20. The summed E-state index contributed by atoms with van der Waals surface area (Å²) in [6.07, 6.45) is 0. The maximum absolute atomic E-state index is 12.4. The maximum atomic E-state index is 12.4. The first-order valence-electron chi connectivity index (χ1n) is 8.29. The lowest BCUT2D eigenvalue weighted by Crippen LogP contribution is -2.30. The Kier molecular flexibility index (Phi) is 4.84. The van der Waals surface area contributed by atoms with Crippen LogP contribution in [-0.2, 0) is 9.59 Å². The summed E-state index contributed by atoms with van der Waals surface area (Å²) >= 11 is 0. The lowest BCUT2D eigenvalue weighted by molar-refractivity contribution is -0.123. The number of carbonyl (C=O) groups is 2. The van der Waals surface area contributed by atoms with Crippen LogP contribution in [0.5, 0.6) is 0 Å². The predicted octanol–water partition coefficient (Wildman–Crippen LogP) is 3.91. The zero-order chi connectivity index (χ0) is 19.0. The molecule has 0 aliphatic carbocycles. The van der Waals surface area contributed by atoms with E-state index in [1.807, 2.05) is 66.7 Å². The molecule has 0 radical (unpaired) electrons. The number of aryl methyl sites for hydroxylation is 1. The van der Waals surface area contributed by atoms with Crippen molar-refractivity contribution in [1.82, 2.24) is 9.97 Å². The van der Waals surface area contributed by atoms with Gasteiger partial charge in [-0.15, -0.1) is 0 Å². The highest BCUT2D eigenvalue weighted by molar-refractivity contribution is 6.02. The van der Waals surface area contributed by atoms with Crippen molar-refractivity contribution >= 4 is 34.5 Å². The Hall–Kier alpha value is -2.50. The molecule has 6 nitrogen and oxygen atoms in total. The first kappa shape index (κ1) is 18.8. The molecule has 0 fully saturated rings. The number of rotatable bonds is 2. The molecule has 0 saturated heterocycles. The van der Waals surface area contributed by atoms with Gasteiger partial charge in [-0.3, -0.25) is 14.9 Å². The van der Waals surface area contributed by atoms with E-state index < -0.39 is 10.8 Å². The van der Waals surface area contributed by atoms with Gasteiger partial charge >= 0.3 is 0 Å². The van der Waals surface area contributed by atoms with Gasteiger partial charge in [-0.1, -0.05) is 53.2 Å². The molecular weight excluding hydrogens is 316 g/mol. The van der Waals surface area contributed by atoms with Crippen LogP contribution in [0.25, 0.3) is 10.9 Å². The number of hydrogen-bond donors (Lipinski definition) is 2. The quantitative estimate of drug-likeness (QED) is 0.867. The third kappa shape index (κ3) is 4.53. The van der Waals surface area contributed by atoms with Crippen LogP contribution < -0.4 is 10.6 Å². The van der Waals surface area contributed by atoms with E-state index in [4.69, 9.17) is 0 Å². The highest BCUT2D eigenvalue weighted by Gasteiger charge is 2.25. The monoisotopic (exact) mass is 342 g/mol. The Balaban J connectivity index is 2.51. The summed E-state index contributed by atoms with van der Waals surface area (Å²) in [6.45, 7) is 12.9. The Bertz CT molecular complexity index is 830. The molecule has 0 unspecified atom stereocenters. The van der Waals surface area contributed by atoms with Crippen molar-refractivity contribution in [2.24, 2.45) is 10.8 Å². The van der Waals surface area contributed by atoms with Crippen LogP contribution in [0.2, 0.25) is 0 Å². The van der Waals surface area contributed by atoms with E-state index in [0.717, 1.165) is 10.9 Å². The normalized spacial score (nSPS) is 12.1. The van der Waals surface area contributed by atoms with Gasteiger partial charge in [0.2, 0.25) is 17.8 Å². The number of anilines is 2. The molecule has 6 heteroatoms. The first-order chi connectivity index (χ1) is 11.4. The fourth-order valence-corrected chi connectivity index (χ4v) is 1.98. The van der Waals surface area contributed by atoms with Crippen LogP contribution in [0.1, 0.15) is 47.1 Å². The van der Waals surface area contributed by atoms with E-state index in [9.17, 15) is 9.59 Å². The van der Waals surface area contributed by atoms with E-state index >= 15 is 0 Å². The van der Waals surface area contributed by atoms with Crippen molar-refractivity contribution < 1.29 is 9.59 Å². The zero-order valence-electron chi connectivity index (χ0n) is 15.9. The number of fused-ring (bicyclic) bond motifs is 1. The summed E-state index contributed by atoms with van der Waals surface area (Å²) in [5.41, 5.74) is 0.568. The SMILES string of the molecule is Cc1ccc2nc(NC(=O)C(C)(C)C)nc(NC(=O)C(C)(C)C)c2c1. The van der Waals surface area contributed by atoms with Gasteiger partial charge in [0.25, 0.3) is 0 Å². The van der Waals surface area contributed by atoms with Gasteiger partial charge in [-0.05, 0) is 19.1 Å². The molecule has 25 heavy (non-hydrogen) atoms. The molecule has 0 saturated carbocycles. The van der Waals surface area contributed by atoms with Crippen LogP contribution in [0, 0.1) is 17.8 Å². The first-order valence-corrected chi connectivity index (χ1v) is 8.29. The molecule has 134 valence electrons. The summed E-state index contributed by atoms with van der Waals surface area (Å²) in [7, 11) is 0. The number of amides is 2. The minimum absolute atomic E-state index is 0.151.